The van der Waals surface area contributed by atoms with Crippen LogP contribution in [0, 0.1) is 17.7 Å². The molecule has 0 amide bonds. The lowest BCUT2D eigenvalue weighted by Gasteiger charge is -2.25. The van der Waals surface area contributed by atoms with Crippen molar-refractivity contribution >= 4 is 38.6 Å². The van der Waals surface area contributed by atoms with Crippen LogP contribution < -0.4 is 0 Å². The van der Waals surface area contributed by atoms with Gasteiger partial charge >= 0.3 is 0 Å². The summed E-state index contributed by atoms with van der Waals surface area (Å²) in [6.07, 6.45) is 5.14. The smallest absolute Gasteiger partial charge is 0.139 e. The Bertz CT molecular complexity index is 684. The van der Waals surface area contributed by atoms with Crippen molar-refractivity contribution < 1.29 is 4.39 Å². The van der Waals surface area contributed by atoms with E-state index in [9.17, 15) is 4.39 Å². The van der Waals surface area contributed by atoms with Gasteiger partial charge in [0, 0.05) is 12.1 Å². The molecule has 5 heteroatoms. The zero-order valence-corrected chi connectivity index (χ0v) is 13.3. The van der Waals surface area contributed by atoms with E-state index >= 15 is 0 Å². The monoisotopic (exact) mass is 356 g/mol. The third-order valence-corrected chi connectivity index (χ3v) is 5.80. The Morgan fingerprint density at radius 2 is 2.20 bits per heavy atom. The van der Waals surface area contributed by atoms with Crippen LogP contribution in [0.3, 0.4) is 0 Å². The molecule has 0 spiro atoms. The van der Waals surface area contributed by atoms with E-state index < -0.39 is 0 Å². The molecule has 2 aromatic rings. The average molecular weight is 358 g/mol. The molecule has 3 unspecified atom stereocenters. The third-order valence-electron chi connectivity index (χ3n) is 4.96. The number of rotatable bonds is 2. The first kappa shape index (κ1) is 13.1. The number of halogens is 3. The predicted octanol–water partition coefficient (Wildman–Crippen LogP) is 5.04. The Morgan fingerprint density at radius 3 is 2.85 bits per heavy atom. The van der Waals surface area contributed by atoms with Crippen molar-refractivity contribution in [1.29, 1.82) is 0 Å². The quantitative estimate of drug-likeness (QED) is 0.689. The second-order valence-electron chi connectivity index (χ2n) is 6.03. The topological polar surface area (TPSA) is 17.8 Å². The minimum absolute atomic E-state index is 0.233. The molecule has 2 aliphatic carbocycles. The molecule has 0 N–H and O–H groups in total. The Kier molecular flexibility index (Phi) is 3.08. The zero-order valence-electron chi connectivity index (χ0n) is 11.0. The zero-order chi connectivity index (χ0) is 13.9. The van der Waals surface area contributed by atoms with Crippen LogP contribution >= 0.6 is 27.5 Å². The minimum atomic E-state index is -0.233. The number of imidazole rings is 1. The van der Waals surface area contributed by atoms with Gasteiger partial charge in [0.1, 0.15) is 11.6 Å². The maximum atomic E-state index is 13.9. The van der Waals surface area contributed by atoms with E-state index in [0.29, 0.717) is 22.3 Å². The molecule has 20 heavy (non-hydrogen) atoms. The Labute approximate surface area is 130 Å². The van der Waals surface area contributed by atoms with Crippen molar-refractivity contribution in [1.82, 2.24) is 9.55 Å². The Morgan fingerprint density at radius 1 is 1.35 bits per heavy atom. The van der Waals surface area contributed by atoms with Gasteiger partial charge in [0.05, 0.1) is 21.4 Å². The highest BCUT2D eigenvalue weighted by Gasteiger charge is 2.41. The third kappa shape index (κ3) is 1.84. The van der Waals surface area contributed by atoms with Crippen LogP contribution in [-0.4, -0.2) is 9.55 Å². The number of hydrogen-bond acceptors (Lipinski definition) is 1. The van der Waals surface area contributed by atoms with E-state index in [-0.39, 0.29) is 5.82 Å². The summed E-state index contributed by atoms with van der Waals surface area (Å²) in [5.74, 6) is 2.57. The van der Waals surface area contributed by atoms with Gasteiger partial charge in [0.2, 0.25) is 0 Å². The van der Waals surface area contributed by atoms with Crippen LogP contribution in [0.2, 0.25) is 0 Å². The molecule has 2 aliphatic rings. The van der Waals surface area contributed by atoms with Crippen LogP contribution in [0.4, 0.5) is 4.39 Å². The molecule has 4 rings (SSSR count). The lowest BCUT2D eigenvalue weighted by atomic mass is 9.95. The molecule has 0 aliphatic heterocycles. The molecular formula is C15H15BrClFN2. The fourth-order valence-corrected chi connectivity index (χ4v) is 4.65. The van der Waals surface area contributed by atoms with Crippen LogP contribution in [0.5, 0.6) is 0 Å². The van der Waals surface area contributed by atoms with Crippen molar-refractivity contribution in [2.75, 3.05) is 0 Å². The molecule has 3 atom stereocenters. The molecule has 2 fully saturated rings. The van der Waals surface area contributed by atoms with Gasteiger partial charge in [-0.1, -0.05) is 6.42 Å². The molecule has 1 heterocycles. The van der Waals surface area contributed by atoms with E-state index in [1.807, 2.05) is 0 Å². The molecule has 0 saturated heterocycles. The van der Waals surface area contributed by atoms with Gasteiger partial charge in [-0.2, -0.15) is 0 Å². The molecule has 1 aromatic carbocycles. The molecule has 1 aromatic heterocycles. The highest BCUT2D eigenvalue weighted by atomic mass is 79.9. The van der Waals surface area contributed by atoms with Gasteiger partial charge in [0.25, 0.3) is 0 Å². The predicted molar refractivity (Wildman–Crippen MR) is 81.4 cm³/mol. The molecular weight excluding hydrogens is 343 g/mol. The number of nitrogens with zero attached hydrogens (tertiary/aromatic N) is 2. The Hall–Kier alpha value is -0.610. The van der Waals surface area contributed by atoms with Crippen molar-refractivity contribution in [2.45, 2.75) is 37.6 Å². The molecule has 106 valence electrons. The van der Waals surface area contributed by atoms with E-state index in [4.69, 9.17) is 11.6 Å². The van der Waals surface area contributed by atoms with Crippen molar-refractivity contribution in [3.8, 4) is 0 Å². The summed E-state index contributed by atoms with van der Waals surface area (Å²) < 4.78 is 16.6. The number of fused-ring (bicyclic) bond motifs is 3. The largest absolute Gasteiger partial charge is 0.323 e. The average Bonchev–Trinajstić information content (AvgIpc) is 3.12. The lowest BCUT2D eigenvalue weighted by Crippen LogP contribution is -2.18. The van der Waals surface area contributed by atoms with Gasteiger partial charge in [0.15, 0.2) is 0 Å². The Balaban J connectivity index is 1.90. The standard InChI is InChI=1S/C15H15BrClFN2/c16-10-5-12-14(6-11(10)18)20(15(7-17)19-12)13-4-8-1-2-9(13)3-8/h5-6,8-9,13H,1-4,7H2. The molecule has 2 saturated carbocycles. The van der Waals surface area contributed by atoms with E-state index in [2.05, 4.69) is 25.5 Å². The highest BCUT2D eigenvalue weighted by molar-refractivity contribution is 9.10. The van der Waals surface area contributed by atoms with Crippen LogP contribution in [0.15, 0.2) is 16.6 Å². The molecule has 2 bridgehead atoms. The van der Waals surface area contributed by atoms with Crippen LogP contribution in [-0.2, 0) is 5.88 Å². The maximum absolute atomic E-state index is 13.9. The van der Waals surface area contributed by atoms with E-state index in [0.717, 1.165) is 22.8 Å². The second-order valence-corrected chi connectivity index (χ2v) is 7.15. The first-order valence-electron chi connectivity index (χ1n) is 7.09. The highest BCUT2D eigenvalue weighted by Crippen LogP contribution is 2.51. The number of alkyl halides is 1. The lowest BCUT2D eigenvalue weighted by molar-refractivity contribution is 0.331. The summed E-state index contributed by atoms with van der Waals surface area (Å²) in [7, 11) is 0. The van der Waals surface area contributed by atoms with Gasteiger partial charge in [-0.15, -0.1) is 11.6 Å². The fourth-order valence-electron chi connectivity index (χ4n) is 4.13. The summed E-state index contributed by atoms with van der Waals surface area (Å²) >= 11 is 9.31. The summed E-state index contributed by atoms with van der Waals surface area (Å²) in [5, 5.41) is 0. The van der Waals surface area contributed by atoms with E-state index in [1.54, 1.807) is 12.1 Å². The van der Waals surface area contributed by atoms with E-state index in [1.165, 1.54) is 25.7 Å². The SMILES string of the molecule is Fc1cc2c(cc1Br)nc(CCl)n2C1CC2CCC1C2. The number of aromatic nitrogens is 2. The number of benzene rings is 1. The first-order valence-corrected chi connectivity index (χ1v) is 8.42. The summed E-state index contributed by atoms with van der Waals surface area (Å²) in [4.78, 5) is 4.60. The van der Waals surface area contributed by atoms with Crippen molar-refractivity contribution in [2.24, 2.45) is 11.8 Å². The van der Waals surface area contributed by atoms with Gasteiger partial charge in [-0.25, -0.2) is 9.37 Å². The molecule has 2 nitrogen and oxygen atoms in total. The van der Waals surface area contributed by atoms with Crippen LogP contribution in [0.25, 0.3) is 11.0 Å². The minimum Gasteiger partial charge on any atom is -0.323 e. The van der Waals surface area contributed by atoms with Gasteiger partial charge < -0.3 is 4.57 Å². The summed E-state index contributed by atoms with van der Waals surface area (Å²) in [6.45, 7) is 0. The first-order chi connectivity index (χ1) is 9.67. The summed E-state index contributed by atoms with van der Waals surface area (Å²) in [6, 6.07) is 3.80. The van der Waals surface area contributed by atoms with Crippen molar-refractivity contribution in [3.63, 3.8) is 0 Å². The molecule has 0 radical (unpaired) electrons. The maximum Gasteiger partial charge on any atom is 0.139 e. The van der Waals surface area contributed by atoms with Crippen LogP contribution in [0.1, 0.15) is 37.5 Å². The summed E-state index contributed by atoms with van der Waals surface area (Å²) in [5.41, 5.74) is 1.72. The number of hydrogen-bond donors (Lipinski definition) is 0. The van der Waals surface area contributed by atoms with Gasteiger partial charge in [-0.05, 0) is 53.1 Å². The fraction of sp³-hybridized carbons (Fsp3) is 0.533. The van der Waals surface area contributed by atoms with Crippen molar-refractivity contribution in [3.05, 3.63) is 28.2 Å². The normalized spacial score (nSPS) is 28.6. The second kappa shape index (κ2) is 4.70. The van der Waals surface area contributed by atoms with Gasteiger partial charge in [-0.3, -0.25) is 0 Å².